The zero-order valence-electron chi connectivity index (χ0n) is 21.1. The van der Waals surface area contributed by atoms with Crippen molar-refractivity contribution in [2.75, 3.05) is 32.1 Å². The maximum atomic E-state index is 14.8. The van der Waals surface area contributed by atoms with Crippen molar-refractivity contribution in [3.63, 3.8) is 0 Å². The molecule has 1 amide bonds. The number of hydrogen-bond donors (Lipinski definition) is 3. The van der Waals surface area contributed by atoms with Gasteiger partial charge in [-0.15, -0.1) is 12.4 Å². The largest absolute Gasteiger partial charge is 0.494 e. The number of carbonyl (C=O) groups is 1. The van der Waals surface area contributed by atoms with Crippen LogP contribution in [-0.4, -0.2) is 47.0 Å². The quantitative estimate of drug-likeness (QED) is 0.297. The molecule has 1 aliphatic rings. The van der Waals surface area contributed by atoms with E-state index >= 15 is 0 Å². The number of halogens is 3. The lowest BCUT2D eigenvalue weighted by Crippen LogP contribution is -2.30. The topological polar surface area (TPSA) is 92.6 Å². The average molecular weight is 543 g/mol. The van der Waals surface area contributed by atoms with Crippen molar-refractivity contribution in [3.8, 4) is 17.0 Å². The molecular weight excluding hydrogens is 514 g/mol. The highest BCUT2D eigenvalue weighted by atomic mass is 35.5. The first kappa shape index (κ1) is 27.3. The number of imidazole rings is 1. The van der Waals surface area contributed by atoms with Gasteiger partial charge in [0.15, 0.2) is 23.0 Å². The molecule has 8 nitrogen and oxygen atoms in total. The number of nitrogens with zero attached hydrogens (tertiary/aromatic N) is 3. The number of amides is 1. The standard InChI is InChI=1S/C27H28F2N6O2.ClH/c1-3-17-12-18(4-5-19(17)27(36)33-14-16-8-9-30-13-16)34-25-26-32-15-21(35(26)11-10-31-25)20-6-7-22(37-2)24(29)23(20)28;/h4-7,10-12,15-16,30H,3,8-9,13-14H2,1-2H3,(H,31,34)(H,33,36);1H/t16-;/m1./s1. The fraction of sp³-hybridized carbons (Fsp3) is 0.296. The van der Waals surface area contributed by atoms with Crippen LogP contribution in [0.15, 0.2) is 48.9 Å². The van der Waals surface area contributed by atoms with Gasteiger partial charge in [0.1, 0.15) is 0 Å². The van der Waals surface area contributed by atoms with Crippen molar-refractivity contribution in [2.24, 2.45) is 5.92 Å². The molecule has 4 aromatic rings. The molecule has 0 spiro atoms. The fourth-order valence-electron chi connectivity index (χ4n) is 4.64. The van der Waals surface area contributed by atoms with Gasteiger partial charge in [0.05, 0.1) is 19.0 Å². The van der Waals surface area contributed by atoms with Gasteiger partial charge in [0.25, 0.3) is 5.91 Å². The molecule has 2 aromatic heterocycles. The molecule has 3 N–H and O–H groups in total. The molecule has 1 aliphatic heterocycles. The van der Waals surface area contributed by atoms with E-state index in [1.807, 2.05) is 19.1 Å². The van der Waals surface area contributed by atoms with Crippen LogP contribution >= 0.6 is 12.4 Å². The highest BCUT2D eigenvalue weighted by Crippen LogP contribution is 2.31. The van der Waals surface area contributed by atoms with Crippen molar-refractivity contribution in [2.45, 2.75) is 19.8 Å². The lowest BCUT2D eigenvalue weighted by atomic mass is 10.0. The average Bonchev–Trinajstić information content (AvgIpc) is 3.59. The second-order valence-electron chi connectivity index (χ2n) is 8.98. The summed E-state index contributed by atoms with van der Waals surface area (Å²) in [5.74, 6) is -1.42. The summed E-state index contributed by atoms with van der Waals surface area (Å²) >= 11 is 0. The summed E-state index contributed by atoms with van der Waals surface area (Å²) in [6.45, 7) is 4.57. The van der Waals surface area contributed by atoms with Gasteiger partial charge in [-0.2, -0.15) is 4.39 Å². The minimum absolute atomic E-state index is 0. The summed E-state index contributed by atoms with van der Waals surface area (Å²) in [6.07, 6.45) is 6.40. The SMILES string of the molecule is CCc1cc(Nc2nccn3c(-c4ccc(OC)c(F)c4F)cnc23)ccc1C(=O)NC[C@@H]1CCNC1.Cl. The Morgan fingerprint density at radius 2 is 2.05 bits per heavy atom. The number of ether oxygens (including phenoxy) is 1. The van der Waals surface area contributed by atoms with Gasteiger partial charge >= 0.3 is 0 Å². The summed E-state index contributed by atoms with van der Waals surface area (Å²) in [7, 11) is 1.28. The van der Waals surface area contributed by atoms with Crippen LogP contribution in [0.4, 0.5) is 20.3 Å². The molecule has 2 aromatic carbocycles. The second kappa shape index (κ2) is 11.7. The molecule has 3 heterocycles. The van der Waals surface area contributed by atoms with Crippen LogP contribution < -0.4 is 20.7 Å². The number of fused-ring (bicyclic) bond motifs is 1. The molecule has 1 fully saturated rings. The number of benzene rings is 2. The van der Waals surface area contributed by atoms with E-state index < -0.39 is 11.6 Å². The summed E-state index contributed by atoms with van der Waals surface area (Å²) in [5.41, 5.74) is 3.15. The Balaban J connectivity index is 0.00000336. The maximum Gasteiger partial charge on any atom is 0.251 e. The molecule has 38 heavy (non-hydrogen) atoms. The van der Waals surface area contributed by atoms with Crippen LogP contribution in [0.3, 0.4) is 0 Å². The number of aryl methyl sites for hydroxylation is 1. The highest BCUT2D eigenvalue weighted by molar-refractivity contribution is 5.96. The molecule has 5 rings (SSSR count). The Hall–Kier alpha value is -3.76. The first-order valence-corrected chi connectivity index (χ1v) is 12.2. The third kappa shape index (κ3) is 5.27. The summed E-state index contributed by atoms with van der Waals surface area (Å²) in [4.78, 5) is 21.6. The van der Waals surface area contributed by atoms with Crippen molar-refractivity contribution in [1.82, 2.24) is 25.0 Å². The highest BCUT2D eigenvalue weighted by Gasteiger charge is 2.20. The smallest absolute Gasteiger partial charge is 0.251 e. The summed E-state index contributed by atoms with van der Waals surface area (Å²) < 4.78 is 35.6. The zero-order valence-corrected chi connectivity index (χ0v) is 21.9. The number of anilines is 2. The number of carbonyl (C=O) groups excluding carboxylic acids is 1. The lowest BCUT2D eigenvalue weighted by Gasteiger charge is -2.14. The first-order chi connectivity index (χ1) is 18.0. The molecule has 1 atom stereocenters. The molecule has 11 heteroatoms. The predicted octanol–water partition coefficient (Wildman–Crippen LogP) is 4.75. The van der Waals surface area contributed by atoms with Crippen LogP contribution in [0.1, 0.15) is 29.3 Å². The van der Waals surface area contributed by atoms with Crippen molar-refractivity contribution >= 4 is 35.5 Å². The number of nitrogens with one attached hydrogen (secondary N) is 3. The van der Waals surface area contributed by atoms with E-state index in [-0.39, 0.29) is 29.6 Å². The fourth-order valence-corrected chi connectivity index (χ4v) is 4.64. The summed E-state index contributed by atoms with van der Waals surface area (Å²) in [5, 5.41) is 9.61. The van der Waals surface area contributed by atoms with Crippen LogP contribution in [0, 0.1) is 17.6 Å². The Kier molecular flexibility index (Phi) is 8.43. The molecule has 0 aliphatic carbocycles. The van der Waals surface area contributed by atoms with Gasteiger partial charge in [-0.1, -0.05) is 6.92 Å². The van der Waals surface area contributed by atoms with E-state index in [9.17, 15) is 13.6 Å². The van der Waals surface area contributed by atoms with Crippen LogP contribution in [-0.2, 0) is 6.42 Å². The van der Waals surface area contributed by atoms with E-state index in [1.165, 1.54) is 25.4 Å². The number of aromatic nitrogens is 3. The third-order valence-corrected chi connectivity index (χ3v) is 6.68. The van der Waals surface area contributed by atoms with Crippen LogP contribution in [0.25, 0.3) is 16.9 Å². The minimum Gasteiger partial charge on any atom is -0.494 e. The van der Waals surface area contributed by atoms with E-state index in [4.69, 9.17) is 4.74 Å². The molecule has 200 valence electrons. The minimum atomic E-state index is -1.06. The number of rotatable bonds is 8. The lowest BCUT2D eigenvalue weighted by molar-refractivity contribution is 0.0947. The predicted molar refractivity (Wildman–Crippen MR) is 145 cm³/mol. The number of hydrogen-bond acceptors (Lipinski definition) is 6. The second-order valence-corrected chi connectivity index (χ2v) is 8.98. The van der Waals surface area contributed by atoms with E-state index in [1.54, 1.807) is 22.9 Å². The van der Waals surface area contributed by atoms with Gasteiger partial charge in [0.2, 0.25) is 5.82 Å². The molecule has 0 unspecified atom stereocenters. The van der Waals surface area contributed by atoms with Gasteiger partial charge in [-0.3, -0.25) is 9.20 Å². The third-order valence-electron chi connectivity index (χ3n) is 6.68. The summed E-state index contributed by atoms with van der Waals surface area (Å²) in [6, 6.07) is 8.37. The Morgan fingerprint density at radius 3 is 2.79 bits per heavy atom. The van der Waals surface area contributed by atoms with Crippen LogP contribution in [0.5, 0.6) is 5.75 Å². The van der Waals surface area contributed by atoms with Gasteiger partial charge in [0, 0.05) is 35.8 Å². The van der Waals surface area contributed by atoms with Crippen LogP contribution in [0.2, 0.25) is 0 Å². The Labute approximate surface area is 225 Å². The zero-order chi connectivity index (χ0) is 25.9. The van der Waals surface area contributed by atoms with Crippen molar-refractivity contribution < 1.29 is 18.3 Å². The molecule has 0 bridgehead atoms. The molecule has 1 saturated heterocycles. The Morgan fingerprint density at radius 1 is 1.21 bits per heavy atom. The Bertz CT molecular complexity index is 1460. The first-order valence-electron chi connectivity index (χ1n) is 12.2. The maximum absolute atomic E-state index is 14.8. The number of methoxy groups -OCH3 is 1. The van der Waals surface area contributed by atoms with Gasteiger partial charge in [-0.05, 0) is 67.7 Å². The normalized spacial score (nSPS) is 14.8. The molecular formula is C27H29ClF2N6O2. The van der Waals surface area contributed by atoms with E-state index in [0.29, 0.717) is 41.6 Å². The van der Waals surface area contributed by atoms with E-state index in [0.717, 1.165) is 30.8 Å². The molecule has 0 radical (unpaired) electrons. The van der Waals surface area contributed by atoms with Gasteiger partial charge < -0.3 is 20.7 Å². The van der Waals surface area contributed by atoms with Gasteiger partial charge in [-0.25, -0.2) is 14.4 Å². The van der Waals surface area contributed by atoms with Crippen molar-refractivity contribution in [1.29, 1.82) is 0 Å². The van der Waals surface area contributed by atoms with E-state index in [2.05, 4.69) is 25.9 Å². The molecule has 0 saturated carbocycles. The monoisotopic (exact) mass is 542 g/mol. The van der Waals surface area contributed by atoms with Crippen molar-refractivity contribution in [3.05, 3.63) is 71.7 Å².